The smallest absolute Gasteiger partial charge is 0.203 e. The number of piperidine rings is 1. The molecule has 0 unspecified atom stereocenters. The SMILES string of the molecule is COc1cc(-c2cnc(CNN3CCCCC3)s2)cc(OC)c1OC. The summed E-state index contributed by atoms with van der Waals surface area (Å²) in [6.07, 6.45) is 5.77. The first kappa shape index (κ1) is 18.0. The molecule has 25 heavy (non-hydrogen) atoms. The second kappa shape index (κ2) is 8.51. The van der Waals surface area contributed by atoms with Gasteiger partial charge < -0.3 is 14.2 Å². The lowest BCUT2D eigenvalue weighted by molar-refractivity contribution is 0.151. The van der Waals surface area contributed by atoms with Crippen molar-refractivity contribution in [1.29, 1.82) is 0 Å². The maximum absolute atomic E-state index is 5.43. The molecule has 0 bridgehead atoms. The Bertz CT molecular complexity index is 674. The topological polar surface area (TPSA) is 55.9 Å². The molecule has 0 aliphatic carbocycles. The lowest BCUT2D eigenvalue weighted by Gasteiger charge is -2.26. The van der Waals surface area contributed by atoms with Gasteiger partial charge in [0.1, 0.15) is 5.01 Å². The van der Waals surface area contributed by atoms with Crippen LogP contribution in [0.25, 0.3) is 10.4 Å². The van der Waals surface area contributed by atoms with Crippen LogP contribution in [0.2, 0.25) is 0 Å². The summed E-state index contributed by atoms with van der Waals surface area (Å²) in [5.74, 6) is 1.90. The average molecular weight is 363 g/mol. The molecule has 7 heteroatoms. The van der Waals surface area contributed by atoms with Gasteiger partial charge in [0.05, 0.1) is 32.8 Å². The van der Waals surface area contributed by atoms with Crippen LogP contribution in [0.15, 0.2) is 18.3 Å². The number of ether oxygens (including phenoxy) is 3. The number of hydrogen-bond acceptors (Lipinski definition) is 7. The fourth-order valence-electron chi connectivity index (χ4n) is 2.98. The number of thiazole rings is 1. The summed E-state index contributed by atoms with van der Waals surface area (Å²) in [5, 5.41) is 3.36. The Morgan fingerprint density at radius 1 is 1.04 bits per heavy atom. The number of hydrogen-bond donors (Lipinski definition) is 1. The summed E-state index contributed by atoms with van der Waals surface area (Å²) in [7, 11) is 4.86. The van der Waals surface area contributed by atoms with E-state index < -0.39 is 0 Å². The highest BCUT2D eigenvalue weighted by Crippen LogP contribution is 2.42. The van der Waals surface area contributed by atoms with Crippen LogP contribution in [-0.2, 0) is 6.54 Å². The van der Waals surface area contributed by atoms with E-state index in [1.807, 2.05) is 18.3 Å². The zero-order chi connectivity index (χ0) is 17.6. The zero-order valence-electron chi connectivity index (χ0n) is 15.0. The van der Waals surface area contributed by atoms with E-state index in [2.05, 4.69) is 15.4 Å². The molecule has 136 valence electrons. The summed E-state index contributed by atoms with van der Waals surface area (Å²) in [6, 6.07) is 3.91. The van der Waals surface area contributed by atoms with Crippen molar-refractivity contribution in [3.63, 3.8) is 0 Å². The third kappa shape index (κ3) is 4.23. The van der Waals surface area contributed by atoms with E-state index in [0.29, 0.717) is 17.2 Å². The van der Waals surface area contributed by atoms with E-state index in [9.17, 15) is 0 Å². The van der Waals surface area contributed by atoms with Gasteiger partial charge in [-0.15, -0.1) is 11.3 Å². The molecule has 2 aromatic rings. The van der Waals surface area contributed by atoms with Gasteiger partial charge in [-0.2, -0.15) is 0 Å². The minimum Gasteiger partial charge on any atom is -0.493 e. The number of nitrogens with one attached hydrogen (secondary N) is 1. The van der Waals surface area contributed by atoms with E-state index in [1.165, 1.54) is 19.3 Å². The lowest BCUT2D eigenvalue weighted by atomic mass is 10.1. The van der Waals surface area contributed by atoms with Crippen molar-refractivity contribution >= 4 is 11.3 Å². The first-order valence-electron chi connectivity index (χ1n) is 8.48. The van der Waals surface area contributed by atoms with Crippen LogP contribution < -0.4 is 19.6 Å². The molecule has 6 nitrogen and oxygen atoms in total. The van der Waals surface area contributed by atoms with Crippen molar-refractivity contribution in [1.82, 2.24) is 15.4 Å². The van der Waals surface area contributed by atoms with Crippen LogP contribution in [0, 0.1) is 0 Å². The van der Waals surface area contributed by atoms with Crippen LogP contribution in [0.4, 0.5) is 0 Å². The van der Waals surface area contributed by atoms with E-state index in [-0.39, 0.29) is 0 Å². The number of aromatic nitrogens is 1. The largest absolute Gasteiger partial charge is 0.493 e. The third-order valence-electron chi connectivity index (χ3n) is 4.31. The van der Waals surface area contributed by atoms with Crippen LogP contribution in [0.3, 0.4) is 0 Å². The molecule has 2 heterocycles. The number of hydrazine groups is 1. The van der Waals surface area contributed by atoms with E-state index in [1.54, 1.807) is 32.7 Å². The highest BCUT2D eigenvalue weighted by Gasteiger charge is 2.16. The van der Waals surface area contributed by atoms with Gasteiger partial charge >= 0.3 is 0 Å². The van der Waals surface area contributed by atoms with Crippen molar-refractivity contribution < 1.29 is 14.2 Å². The Labute approximate surface area is 152 Å². The fraction of sp³-hybridized carbons (Fsp3) is 0.500. The average Bonchev–Trinajstić information content (AvgIpc) is 3.15. The van der Waals surface area contributed by atoms with Crippen LogP contribution >= 0.6 is 11.3 Å². The predicted molar refractivity (Wildman–Crippen MR) is 99.5 cm³/mol. The molecule has 0 amide bonds. The van der Waals surface area contributed by atoms with Gasteiger partial charge in [0.15, 0.2) is 11.5 Å². The van der Waals surface area contributed by atoms with Crippen LogP contribution in [-0.4, -0.2) is 44.4 Å². The maximum atomic E-state index is 5.43. The van der Waals surface area contributed by atoms with Gasteiger partial charge in [0, 0.05) is 24.8 Å². The molecular weight excluding hydrogens is 338 g/mol. The molecule has 0 saturated carbocycles. The number of nitrogens with zero attached hydrogens (tertiary/aromatic N) is 2. The van der Waals surface area contributed by atoms with Crippen molar-refractivity contribution in [2.75, 3.05) is 34.4 Å². The monoisotopic (exact) mass is 363 g/mol. The molecular formula is C18H25N3O3S. The highest BCUT2D eigenvalue weighted by atomic mass is 32.1. The standard InChI is InChI=1S/C18H25N3O3S/c1-22-14-9-13(10-15(23-2)18(14)24-3)16-11-19-17(25-16)12-20-21-7-5-4-6-8-21/h9-11,20H,4-8,12H2,1-3H3. The van der Waals surface area contributed by atoms with E-state index in [4.69, 9.17) is 14.2 Å². The molecule has 1 aliphatic rings. The highest BCUT2D eigenvalue weighted by molar-refractivity contribution is 7.15. The predicted octanol–water partition coefficient (Wildman–Crippen LogP) is 3.33. The Morgan fingerprint density at radius 3 is 2.32 bits per heavy atom. The Hall–Kier alpha value is -1.83. The zero-order valence-corrected chi connectivity index (χ0v) is 15.8. The minimum atomic E-state index is 0.602. The molecule has 1 saturated heterocycles. The van der Waals surface area contributed by atoms with Gasteiger partial charge in [-0.3, -0.25) is 0 Å². The summed E-state index contributed by atoms with van der Waals surface area (Å²) in [4.78, 5) is 5.63. The van der Waals surface area contributed by atoms with Crippen LogP contribution in [0.5, 0.6) is 17.2 Å². The molecule has 1 N–H and O–H groups in total. The van der Waals surface area contributed by atoms with Crippen molar-refractivity contribution in [3.05, 3.63) is 23.3 Å². The molecule has 1 fully saturated rings. The number of rotatable bonds is 7. The number of methoxy groups -OCH3 is 3. The quantitative estimate of drug-likeness (QED) is 0.814. The molecule has 1 aliphatic heterocycles. The summed E-state index contributed by atoms with van der Waals surface area (Å²) in [6.45, 7) is 2.99. The van der Waals surface area contributed by atoms with Gasteiger partial charge in [-0.25, -0.2) is 15.4 Å². The molecule has 3 rings (SSSR count). The Kier molecular flexibility index (Phi) is 6.12. The normalized spacial score (nSPS) is 15.2. The molecule has 0 atom stereocenters. The Balaban J connectivity index is 1.74. The van der Waals surface area contributed by atoms with Crippen molar-refractivity contribution in [2.24, 2.45) is 0 Å². The van der Waals surface area contributed by atoms with E-state index >= 15 is 0 Å². The summed E-state index contributed by atoms with van der Waals surface area (Å²) < 4.78 is 16.3. The first-order chi connectivity index (χ1) is 12.2. The molecule has 0 spiro atoms. The van der Waals surface area contributed by atoms with E-state index in [0.717, 1.165) is 35.1 Å². The van der Waals surface area contributed by atoms with Crippen molar-refractivity contribution in [2.45, 2.75) is 25.8 Å². The second-order valence-electron chi connectivity index (χ2n) is 5.91. The molecule has 0 radical (unpaired) electrons. The summed E-state index contributed by atoms with van der Waals surface area (Å²) in [5.41, 5.74) is 4.49. The molecule has 1 aromatic carbocycles. The minimum absolute atomic E-state index is 0.602. The van der Waals surface area contributed by atoms with Crippen LogP contribution in [0.1, 0.15) is 24.3 Å². The Morgan fingerprint density at radius 2 is 1.72 bits per heavy atom. The third-order valence-corrected chi connectivity index (χ3v) is 5.36. The van der Waals surface area contributed by atoms with Gasteiger partial charge in [-0.1, -0.05) is 6.42 Å². The second-order valence-corrected chi connectivity index (χ2v) is 7.03. The lowest BCUT2D eigenvalue weighted by Crippen LogP contribution is -2.41. The van der Waals surface area contributed by atoms with Gasteiger partial charge in [0.2, 0.25) is 5.75 Å². The first-order valence-corrected chi connectivity index (χ1v) is 9.30. The molecule has 1 aromatic heterocycles. The fourth-order valence-corrected chi connectivity index (χ4v) is 3.82. The number of benzene rings is 1. The van der Waals surface area contributed by atoms with Gasteiger partial charge in [0.25, 0.3) is 0 Å². The van der Waals surface area contributed by atoms with Gasteiger partial charge in [-0.05, 0) is 25.0 Å². The maximum Gasteiger partial charge on any atom is 0.203 e. The van der Waals surface area contributed by atoms with Crippen molar-refractivity contribution in [3.8, 4) is 27.7 Å². The summed E-state index contributed by atoms with van der Waals surface area (Å²) >= 11 is 1.67.